The van der Waals surface area contributed by atoms with Crippen LogP contribution >= 0.6 is 11.6 Å². The number of rotatable bonds is 3. The van der Waals surface area contributed by atoms with Gasteiger partial charge in [-0.05, 0) is 24.6 Å². The third-order valence-electron chi connectivity index (χ3n) is 2.43. The third kappa shape index (κ3) is 2.87. The number of nitrogens with zero attached hydrogens (tertiary/aromatic N) is 2. The number of halogens is 2. The first-order chi connectivity index (χ1) is 8.56. The van der Waals surface area contributed by atoms with Crippen LogP contribution in [0.25, 0.3) is 0 Å². The van der Waals surface area contributed by atoms with Crippen molar-refractivity contribution in [2.45, 2.75) is 13.5 Å². The highest BCUT2D eigenvalue weighted by Crippen LogP contribution is 2.17. The van der Waals surface area contributed by atoms with E-state index >= 15 is 0 Å². The second-order valence-electron chi connectivity index (χ2n) is 3.86. The normalized spacial score (nSPS) is 10.4. The lowest BCUT2D eigenvalue weighted by molar-refractivity contribution is 0.627. The summed E-state index contributed by atoms with van der Waals surface area (Å²) in [6, 6.07) is 4.57. The van der Waals surface area contributed by atoms with Crippen LogP contribution in [-0.2, 0) is 6.54 Å². The molecule has 0 saturated carbocycles. The van der Waals surface area contributed by atoms with E-state index in [-0.39, 0.29) is 11.0 Å². The van der Waals surface area contributed by atoms with Crippen LogP contribution < -0.4 is 11.1 Å². The zero-order valence-electron chi connectivity index (χ0n) is 9.74. The Balaban J connectivity index is 2.11. The van der Waals surface area contributed by atoms with Crippen molar-refractivity contribution in [2.24, 2.45) is 0 Å². The van der Waals surface area contributed by atoms with Gasteiger partial charge in [-0.3, -0.25) is 0 Å². The highest BCUT2D eigenvalue weighted by molar-refractivity contribution is 6.30. The molecule has 1 aromatic carbocycles. The van der Waals surface area contributed by atoms with Crippen molar-refractivity contribution in [3.8, 4) is 0 Å². The van der Waals surface area contributed by atoms with Crippen LogP contribution in [-0.4, -0.2) is 9.97 Å². The summed E-state index contributed by atoms with van der Waals surface area (Å²) in [5.74, 6) is 0.436. The minimum absolute atomic E-state index is 0.105. The Morgan fingerprint density at radius 2 is 2.22 bits per heavy atom. The maximum absolute atomic E-state index is 13.0. The van der Waals surface area contributed by atoms with Crippen molar-refractivity contribution in [3.05, 3.63) is 46.4 Å². The molecule has 94 valence electrons. The van der Waals surface area contributed by atoms with E-state index in [9.17, 15) is 4.39 Å². The molecule has 2 aromatic rings. The topological polar surface area (TPSA) is 63.8 Å². The van der Waals surface area contributed by atoms with Gasteiger partial charge in [0.2, 0.25) is 5.95 Å². The van der Waals surface area contributed by atoms with Gasteiger partial charge in [0.1, 0.15) is 11.6 Å². The maximum atomic E-state index is 13.0. The maximum Gasteiger partial charge on any atom is 0.221 e. The van der Waals surface area contributed by atoms with Gasteiger partial charge < -0.3 is 11.1 Å². The van der Waals surface area contributed by atoms with Gasteiger partial charge in [-0.2, -0.15) is 4.98 Å². The van der Waals surface area contributed by atoms with E-state index in [0.29, 0.717) is 12.4 Å². The summed E-state index contributed by atoms with van der Waals surface area (Å²) < 4.78 is 13.0. The van der Waals surface area contributed by atoms with Crippen molar-refractivity contribution in [3.63, 3.8) is 0 Å². The van der Waals surface area contributed by atoms with Crippen LogP contribution in [0, 0.1) is 12.7 Å². The van der Waals surface area contributed by atoms with E-state index in [1.807, 2.05) is 6.92 Å². The molecule has 0 unspecified atom stereocenters. The van der Waals surface area contributed by atoms with Gasteiger partial charge in [-0.15, -0.1) is 0 Å². The van der Waals surface area contributed by atoms with Gasteiger partial charge in [0.25, 0.3) is 0 Å². The summed E-state index contributed by atoms with van der Waals surface area (Å²) >= 11 is 5.70. The van der Waals surface area contributed by atoms with Crippen LogP contribution in [0.15, 0.2) is 24.4 Å². The molecular formula is C12H12ClFN4. The van der Waals surface area contributed by atoms with Gasteiger partial charge >= 0.3 is 0 Å². The number of hydrogen-bond donors (Lipinski definition) is 2. The van der Waals surface area contributed by atoms with E-state index in [2.05, 4.69) is 15.3 Å². The van der Waals surface area contributed by atoms with Crippen molar-refractivity contribution in [2.75, 3.05) is 11.1 Å². The molecule has 0 fully saturated rings. The first-order valence-corrected chi connectivity index (χ1v) is 5.71. The quantitative estimate of drug-likeness (QED) is 0.897. The van der Waals surface area contributed by atoms with Gasteiger partial charge in [-0.25, -0.2) is 9.37 Å². The number of nitrogens with one attached hydrogen (secondary N) is 1. The summed E-state index contributed by atoms with van der Waals surface area (Å²) in [6.45, 7) is 2.36. The standard InChI is InChI=1S/C12H12ClFN4/c1-7-5-17-12(15)18-11(7)16-6-8-2-3-10(14)9(13)4-8/h2-5H,6H2,1H3,(H3,15,16,17,18). The number of hydrogen-bond acceptors (Lipinski definition) is 4. The van der Waals surface area contributed by atoms with Gasteiger partial charge in [0.15, 0.2) is 0 Å². The lowest BCUT2D eigenvalue weighted by Gasteiger charge is -2.09. The highest BCUT2D eigenvalue weighted by atomic mass is 35.5. The summed E-state index contributed by atoms with van der Waals surface area (Å²) in [7, 11) is 0. The Hall–Kier alpha value is -1.88. The van der Waals surface area contributed by atoms with Crippen LogP contribution in [0.2, 0.25) is 5.02 Å². The Morgan fingerprint density at radius 1 is 1.44 bits per heavy atom. The molecule has 6 heteroatoms. The Morgan fingerprint density at radius 3 is 2.94 bits per heavy atom. The monoisotopic (exact) mass is 266 g/mol. The average molecular weight is 267 g/mol. The Kier molecular flexibility index (Phi) is 3.62. The van der Waals surface area contributed by atoms with Gasteiger partial charge in [0.05, 0.1) is 5.02 Å². The number of aromatic nitrogens is 2. The zero-order valence-corrected chi connectivity index (χ0v) is 10.5. The molecule has 0 aliphatic carbocycles. The lowest BCUT2D eigenvalue weighted by atomic mass is 10.2. The third-order valence-corrected chi connectivity index (χ3v) is 2.72. The van der Waals surface area contributed by atoms with E-state index in [1.54, 1.807) is 18.3 Å². The van der Waals surface area contributed by atoms with E-state index < -0.39 is 5.82 Å². The van der Waals surface area contributed by atoms with Crippen LogP contribution in [0.3, 0.4) is 0 Å². The van der Waals surface area contributed by atoms with Crippen molar-refractivity contribution < 1.29 is 4.39 Å². The summed E-state index contributed by atoms with van der Waals surface area (Å²) in [4.78, 5) is 7.95. The number of aryl methyl sites for hydroxylation is 1. The molecule has 0 aliphatic rings. The van der Waals surface area contributed by atoms with E-state index in [1.165, 1.54) is 6.07 Å². The molecule has 0 aliphatic heterocycles. The first-order valence-electron chi connectivity index (χ1n) is 5.33. The number of anilines is 2. The molecule has 1 heterocycles. The smallest absolute Gasteiger partial charge is 0.221 e. The molecule has 0 bridgehead atoms. The Bertz CT molecular complexity index is 574. The number of nitrogen functional groups attached to an aromatic ring is 1. The van der Waals surface area contributed by atoms with Crippen LogP contribution in [0.5, 0.6) is 0 Å². The molecule has 18 heavy (non-hydrogen) atoms. The van der Waals surface area contributed by atoms with Gasteiger partial charge in [-0.1, -0.05) is 17.7 Å². The highest BCUT2D eigenvalue weighted by Gasteiger charge is 2.04. The van der Waals surface area contributed by atoms with Crippen molar-refractivity contribution in [1.29, 1.82) is 0 Å². The van der Waals surface area contributed by atoms with Crippen LogP contribution in [0.1, 0.15) is 11.1 Å². The SMILES string of the molecule is Cc1cnc(N)nc1NCc1ccc(F)c(Cl)c1. The second kappa shape index (κ2) is 5.18. The lowest BCUT2D eigenvalue weighted by Crippen LogP contribution is -2.06. The molecule has 2 rings (SSSR count). The molecule has 1 aromatic heterocycles. The molecule has 4 nitrogen and oxygen atoms in total. The summed E-state index contributed by atoms with van der Waals surface area (Å²) in [5.41, 5.74) is 7.25. The minimum Gasteiger partial charge on any atom is -0.368 e. The molecule has 0 atom stereocenters. The largest absolute Gasteiger partial charge is 0.368 e. The predicted molar refractivity (Wildman–Crippen MR) is 69.9 cm³/mol. The molecule has 0 amide bonds. The second-order valence-corrected chi connectivity index (χ2v) is 4.27. The van der Waals surface area contributed by atoms with Gasteiger partial charge in [0, 0.05) is 18.3 Å². The van der Waals surface area contributed by atoms with E-state index in [4.69, 9.17) is 17.3 Å². The number of nitrogens with two attached hydrogens (primary N) is 1. The predicted octanol–water partition coefficient (Wildman–Crippen LogP) is 2.77. The minimum atomic E-state index is -0.428. The molecule has 0 saturated heterocycles. The fraction of sp³-hybridized carbons (Fsp3) is 0.167. The first kappa shape index (κ1) is 12.6. The van der Waals surface area contributed by atoms with Crippen molar-refractivity contribution >= 4 is 23.4 Å². The Labute approximate surface area is 109 Å². The molecule has 0 spiro atoms. The average Bonchev–Trinajstić information content (AvgIpc) is 2.34. The molecule has 3 N–H and O–H groups in total. The fourth-order valence-corrected chi connectivity index (χ4v) is 1.67. The van der Waals surface area contributed by atoms with Crippen molar-refractivity contribution in [1.82, 2.24) is 9.97 Å². The summed E-state index contributed by atoms with van der Waals surface area (Å²) in [6.07, 6.45) is 1.64. The molecule has 0 radical (unpaired) electrons. The van der Waals surface area contributed by atoms with Crippen LogP contribution in [0.4, 0.5) is 16.2 Å². The zero-order chi connectivity index (χ0) is 13.1. The molecular weight excluding hydrogens is 255 g/mol. The number of benzene rings is 1. The fourth-order valence-electron chi connectivity index (χ4n) is 1.47. The van der Waals surface area contributed by atoms with E-state index in [0.717, 1.165) is 11.1 Å². The summed E-state index contributed by atoms with van der Waals surface area (Å²) in [5, 5.41) is 3.21.